The van der Waals surface area contributed by atoms with Gasteiger partial charge in [0, 0.05) is 23.5 Å². The van der Waals surface area contributed by atoms with Crippen molar-refractivity contribution in [3.05, 3.63) is 30.5 Å². The number of anilines is 1. The van der Waals surface area contributed by atoms with Gasteiger partial charge in [-0.05, 0) is 30.9 Å². The Morgan fingerprint density at radius 3 is 2.80 bits per heavy atom. The predicted molar refractivity (Wildman–Crippen MR) is 83.4 cm³/mol. The molecule has 2 aromatic rings. The molecule has 1 N–H and O–H groups in total. The lowest BCUT2D eigenvalue weighted by Gasteiger charge is -2.22. The number of fused-ring (bicyclic) bond motifs is 1. The number of nitrogens with one attached hydrogen (secondary N) is 1. The standard InChI is InChI=1S/C17H22N2O/c1-20-16-9-5-8-15-14(16)10-11-18-17(15)19-12-13-6-3-2-4-7-13/h5,8-11,13H,2-4,6-7,12H2,1H3,(H,18,19). The van der Waals surface area contributed by atoms with E-state index >= 15 is 0 Å². The molecule has 3 nitrogen and oxygen atoms in total. The molecule has 1 fully saturated rings. The van der Waals surface area contributed by atoms with Crippen LogP contribution in [0.1, 0.15) is 32.1 Å². The molecule has 1 aromatic carbocycles. The number of aromatic nitrogens is 1. The Morgan fingerprint density at radius 1 is 1.15 bits per heavy atom. The maximum Gasteiger partial charge on any atom is 0.133 e. The topological polar surface area (TPSA) is 34.1 Å². The number of pyridine rings is 1. The van der Waals surface area contributed by atoms with Crippen LogP contribution >= 0.6 is 0 Å². The van der Waals surface area contributed by atoms with Gasteiger partial charge in [-0.3, -0.25) is 0 Å². The maximum absolute atomic E-state index is 5.42. The number of rotatable bonds is 4. The van der Waals surface area contributed by atoms with Gasteiger partial charge in [-0.2, -0.15) is 0 Å². The molecule has 20 heavy (non-hydrogen) atoms. The third-order valence-electron chi connectivity index (χ3n) is 4.27. The number of hydrogen-bond acceptors (Lipinski definition) is 3. The van der Waals surface area contributed by atoms with E-state index in [0.717, 1.165) is 34.8 Å². The largest absolute Gasteiger partial charge is 0.496 e. The Bertz CT molecular complexity index is 576. The summed E-state index contributed by atoms with van der Waals surface area (Å²) in [5.41, 5.74) is 0. The van der Waals surface area contributed by atoms with E-state index in [9.17, 15) is 0 Å². The van der Waals surface area contributed by atoms with E-state index in [1.807, 2.05) is 24.4 Å². The molecule has 0 spiro atoms. The van der Waals surface area contributed by atoms with Crippen LogP contribution < -0.4 is 10.1 Å². The molecule has 0 saturated heterocycles. The summed E-state index contributed by atoms with van der Waals surface area (Å²) in [7, 11) is 1.71. The molecule has 0 amide bonds. The van der Waals surface area contributed by atoms with Crippen LogP contribution in [-0.2, 0) is 0 Å². The summed E-state index contributed by atoms with van der Waals surface area (Å²) in [5.74, 6) is 2.68. The second-order valence-corrected chi connectivity index (χ2v) is 5.60. The molecule has 3 heteroatoms. The Kier molecular flexibility index (Phi) is 4.05. The van der Waals surface area contributed by atoms with Crippen LogP contribution in [0.15, 0.2) is 30.5 Å². The third kappa shape index (κ3) is 2.72. The highest BCUT2D eigenvalue weighted by molar-refractivity contribution is 5.95. The molecule has 1 aliphatic carbocycles. The first-order chi connectivity index (χ1) is 9.88. The first-order valence-electron chi connectivity index (χ1n) is 7.54. The van der Waals surface area contributed by atoms with Gasteiger partial charge in [0.1, 0.15) is 11.6 Å². The molecular formula is C17H22N2O. The average Bonchev–Trinajstić information content (AvgIpc) is 2.53. The van der Waals surface area contributed by atoms with Crippen molar-refractivity contribution in [1.29, 1.82) is 0 Å². The minimum Gasteiger partial charge on any atom is -0.496 e. The van der Waals surface area contributed by atoms with Gasteiger partial charge < -0.3 is 10.1 Å². The monoisotopic (exact) mass is 270 g/mol. The minimum atomic E-state index is 0.798. The van der Waals surface area contributed by atoms with Gasteiger partial charge in [0.25, 0.3) is 0 Å². The molecule has 106 valence electrons. The van der Waals surface area contributed by atoms with Gasteiger partial charge in [-0.15, -0.1) is 0 Å². The van der Waals surface area contributed by atoms with E-state index < -0.39 is 0 Å². The van der Waals surface area contributed by atoms with Crippen molar-refractivity contribution in [2.45, 2.75) is 32.1 Å². The highest BCUT2D eigenvalue weighted by atomic mass is 16.5. The fourth-order valence-electron chi connectivity index (χ4n) is 3.13. The third-order valence-corrected chi connectivity index (χ3v) is 4.27. The molecule has 0 radical (unpaired) electrons. The van der Waals surface area contributed by atoms with E-state index in [1.54, 1.807) is 7.11 Å². The second kappa shape index (κ2) is 6.12. The molecule has 1 heterocycles. The van der Waals surface area contributed by atoms with Crippen molar-refractivity contribution in [3.8, 4) is 5.75 Å². The first-order valence-corrected chi connectivity index (χ1v) is 7.54. The van der Waals surface area contributed by atoms with Crippen LogP contribution in [0.4, 0.5) is 5.82 Å². The molecule has 0 bridgehead atoms. The SMILES string of the molecule is COc1cccc2c(NCC3CCCCC3)nccc12. The smallest absolute Gasteiger partial charge is 0.133 e. The molecule has 1 saturated carbocycles. The van der Waals surface area contributed by atoms with Crippen molar-refractivity contribution >= 4 is 16.6 Å². The first kappa shape index (κ1) is 13.2. The summed E-state index contributed by atoms with van der Waals surface area (Å²) in [6.07, 6.45) is 8.71. The van der Waals surface area contributed by atoms with Gasteiger partial charge in [-0.1, -0.05) is 31.4 Å². The zero-order valence-corrected chi connectivity index (χ0v) is 12.1. The van der Waals surface area contributed by atoms with E-state index in [-0.39, 0.29) is 0 Å². The quantitative estimate of drug-likeness (QED) is 0.902. The van der Waals surface area contributed by atoms with Crippen LogP contribution in [0.25, 0.3) is 10.8 Å². The number of ether oxygens (including phenoxy) is 1. The van der Waals surface area contributed by atoms with Crippen molar-refractivity contribution in [1.82, 2.24) is 4.98 Å². The van der Waals surface area contributed by atoms with Crippen LogP contribution in [0.3, 0.4) is 0 Å². The van der Waals surface area contributed by atoms with Crippen LogP contribution in [-0.4, -0.2) is 18.6 Å². The second-order valence-electron chi connectivity index (χ2n) is 5.60. The summed E-state index contributed by atoms with van der Waals surface area (Å²) in [6.45, 7) is 1.03. The Hall–Kier alpha value is -1.77. The highest BCUT2D eigenvalue weighted by Crippen LogP contribution is 2.30. The van der Waals surface area contributed by atoms with Crippen LogP contribution in [0, 0.1) is 5.92 Å². The normalized spacial score (nSPS) is 16.2. The molecule has 0 atom stereocenters. The van der Waals surface area contributed by atoms with Gasteiger partial charge in [0.05, 0.1) is 7.11 Å². The molecule has 0 unspecified atom stereocenters. The molecule has 3 rings (SSSR count). The summed E-state index contributed by atoms with van der Waals surface area (Å²) >= 11 is 0. The van der Waals surface area contributed by atoms with Crippen molar-refractivity contribution in [2.75, 3.05) is 19.0 Å². The van der Waals surface area contributed by atoms with Gasteiger partial charge in [0.15, 0.2) is 0 Å². The average molecular weight is 270 g/mol. The van der Waals surface area contributed by atoms with Gasteiger partial charge in [0.2, 0.25) is 0 Å². The minimum absolute atomic E-state index is 0.798. The lowest BCUT2D eigenvalue weighted by molar-refractivity contribution is 0.373. The molecule has 1 aromatic heterocycles. The van der Waals surface area contributed by atoms with Crippen LogP contribution in [0.5, 0.6) is 5.75 Å². The number of methoxy groups -OCH3 is 1. The van der Waals surface area contributed by atoms with Gasteiger partial charge in [-0.25, -0.2) is 4.98 Å². The van der Waals surface area contributed by atoms with E-state index in [0.29, 0.717) is 0 Å². The van der Waals surface area contributed by atoms with Crippen LogP contribution in [0.2, 0.25) is 0 Å². The van der Waals surface area contributed by atoms with E-state index in [2.05, 4.69) is 16.4 Å². The summed E-state index contributed by atoms with van der Waals surface area (Å²) in [5, 5.41) is 5.80. The lowest BCUT2D eigenvalue weighted by Crippen LogP contribution is -2.17. The number of benzene rings is 1. The Morgan fingerprint density at radius 2 is 2.00 bits per heavy atom. The molecular weight excluding hydrogens is 248 g/mol. The zero-order chi connectivity index (χ0) is 13.8. The fourth-order valence-corrected chi connectivity index (χ4v) is 3.13. The summed E-state index contributed by atoms with van der Waals surface area (Å²) in [4.78, 5) is 4.50. The van der Waals surface area contributed by atoms with Crippen molar-refractivity contribution in [3.63, 3.8) is 0 Å². The predicted octanol–water partition coefficient (Wildman–Crippen LogP) is 4.24. The van der Waals surface area contributed by atoms with Crippen molar-refractivity contribution < 1.29 is 4.74 Å². The fraction of sp³-hybridized carbons (Fsp3) is 0.471. The molecule has 1 aliphatic rings. The van der Waals surface area contributed by atoms with Crippen molar-refractivity contribution in [2.24, 2.45) is 5.92 Å². The maximum atomic E-state index is 5.42. The zero-order valence-electron chi connectivity index (χ0n) is 12.1. The number of hydrogen-bond donors (Lipinski definition) is 1. The molecule has 0 aliphatic heterocycles. The highest BCUT2D eigenvalue weighted by Gasteiger charge is 2.14. The van der Waals surface area contributed by atoms with Gasteiger partial charge >= 0.3 is 0 Å². The van der Waals surface area contributed by atoms with E-state index in [4.69, 9.17) is 4.74 Å². The Balaban J connectivity index is 1.80. The van der Waals surface area contributed by atoms with E-state index in [1.165, 1.54) is 32.1 Å². The summed E-state index contributed by atoms with van der Waals surface area (Å²) < 4.78 is 5.42. The lowest BCUT2D eigenvalue weighted by atomic mass is 9.89. The number of nitrogens with zero attached hydrogens (tertiary/aromatic N) is 1. The Labute approximate surface area is 120 Å². The summed E-state index contributed by atoms with van der Waals surface area (Å²) in [6, 6.07) is 8.13.